The van der Waals surface area contributed by atoms with Crippen molar-refractivity contribution in [2.75, 3.05) is 0 Å². The molecule has 0 saturated heterocycles. The monoisotopic (exact) mass is 355 g/mol. The maximum atomic E-state index is 6.08. The molecule has 1 atom stereocenters. The van der Waals surface area contributed by atoms with Gasteiger partial charge in [-0.2, -0.15) is 5.10 Å². The molecule has 0 bridgehead atoms. The largest absolute Gasteiger partial charge is 0.327 e. The van der Waals surface area contributed by atoms with E-state index in [1.165, 1.54) is 11.1 Å². The highest BCUT2D eigenvalue weighted by atomic mass is 127. The van der Waals surface area contributed by atoms with Gasteiger partial charge in [0.05, 0.1) is 15.5 Å². The van der Waals surface area contributed by atoms with E-state index >= 15 is 0 Å². The molecule has 0 aliphatic rings. The lowest BCUT2D eigenvalue weighted by molar-refractivity contribution is 0.642. The molecular weight excluding hydrogens is 337 g/mol. The molecule has 3 nitrogen and oxygen atoms in total. The maximum Gasteiger partial charge on any atom is 0.0678 e. The fraction of sp³-hybridized carbons (Fsp3) is 0.357. The van der Waals surface area contributed by atoms with Gasteiger partial charge in [-0.3, -0.25) is 0 Å². The summed E-state index contributed by atoms with van der Waals surface area (Å²) in [6, 6.07) is 6.65. The molecule has 4 heteroatoms. The second-order valence-electron chi connectivity index (χ2n) is 4.61. The number of aryl methyl sites for hydroxylation is 1. The fourth-order valence-corrected chi connectivity index (χ4v) is 2.35. The summed E-state index contributed by atoms with van der Waals surface area (Å²) in [5.74, 6) is 0. The minimum Gasteiger partial charge on any atom is -0.327 e. The smallest absolute Gasteiger partial charge is 0.0678 e. The zero-order valence-corrected chi connectivity index (χ0v) is 12.9. The lowest BCUT2D eigenvalue weighted by Crippen LogP contribution is -2.22. The normalized spacial score (nSPS) is 12.7. The highest BCUT2D eigenvalue weighted by molar-refractivity contribution is 14.1. The summed E-state index contributed by atoms with van der Waals surface area (Å²) in [5.41, 5.74) is 9.74. The van der Waals surface area contributed by atoms with Crippen LogP contribution < -0.4 is 5.73 Å². The van der Waals surface area contributed by atoms with E-state index in [0.29, 0.717) is 0 Å². The zero-order valence-electron chi connectivity index (χ0n) is 10.7. The van der Waals surface area contributed by atoms with Gasteiger partial charge in [-0.05, 0) is 54.0 Å². The van der Waals surface area contributed by atoms with Gasteiger partial charge < -0.3 is 5.73 Å². The molecule has 1 aromatic heterocycles. The van der Waals surface area contributed by atoms with Gasteiger partial charge in [-0.1, -0.05) is 24.6 Å². The third kappa shape index (κ3) is 3.11. The molecule has 0 fully saturated rings. The Balaban J connectivity index is 2.40. The molecule has 0 aliphatic heterocycles. The first-order valence-corrected chi connectivity index (χ1v) is 7.23. The first-order chi connectivity index (χ1) is 8.60. The number of hydrogen-bond donors (Lipinski definition) is 1. The molecule has 1 heterocycles. The molecular formula is C14H18IN3. The van der Waals surface area contributed by atoms with Crippen LogP contribution in [0, 0.1) is 10.5 Å². The van der Waals surface area contributed by atoms with Gasteiger partial charge in [-0.15, -0.1) is 0 Å². The molecule has 0 aliphatic carbocycles. The van der Waals surface area contributed by atoms with Gasteiger partial charge in [0, 0.05) is 12.2 Å². The van der Waals surface area contributed by atoms with Crippen LogP contribution in [-0.4, -0.2) is 15.8 Å². The van der Waals surface area contributed by atoms with Gasteiger partial charge in [0.2, 0.25) is 0 Å². The van der Waals surface area contributed by atoms with Crippen molar-refractivity contribution in [2.45, 2.75) is 32.7 Å². The number of rotatable bonds is 4. The molecule has 0 amide bonds. The highest BCUT2D eigenvalue weighted by Crippen LogP contribution is 2.19. The SMILES string of the molecule is CCC(N)Cc1cc(C)ccc1-n1cc(I)cn1. The second kappa shape index (κ2) is 5.84. The number of nitrogens with zero attached hydrogens (tertiary/aromatic N) is 2. The van der Waals surface area contributed by atoms with Crippen molar-refractivity contribution in [3.8, 4) is 5.69 Å². The number of benzene rings is 1. The van der Waals surface area contributed by atoms with Gasteiger partial charge in [-0.25, -0.2) is 4.68 Å². The zero-order chi connectivity index (χ0) is 13.1. The quantitative estimate of drug-likeness (QED) is 0.857. The van der Waals surface area contributed by atoms with Crippen molar-refractivity contribution < 1.29 is 0 Å². The van der Waals surface area contributed by atoms with E-state index in [9.17, 15) is 0 Å². The van der Waals surface area contributed by atoms with Crippen LogP contribution >= 0.6 is 22.6 Å². The molecule has 2 aromatic rings. The summed E-state index contributed by atoms with van der Waals surface area (Å²) in [4.78, 5) is 0. The van der Waals surface area contributed by atoms with Crippen LogP contribution in [0.2, 0.25) is 0 Å². The van der Waals surface area contributed by atoms with E-state index in [1.807, 2.05) is 17.1 Å². The van der Waals surface area contributed by atoms with E-state index in [2.05, 4.69) is 59.7 Å². The molecule has 2 rings (SSSR count). The van der Waals surface area contributed by atoms with E-state index in [-0.39, 0.29) is 6.04 Å². The van der Waals surface area contributed by atoms with Crippen molar-refractivity contribution in [1.82, 2.24) is 9.78 Å². The number of hydrogen-bond acceptors (Lipinski definition) is 2. The number of nitrogens with two attached hydrogens (primary N) is 1. The molecule has 1 unspecified atom stereocenters. The van der Waals surface area contributed by atoms with Crippen molar-refractivity contribution >= 4 is 22.6 Å². The molecule has 0 saturated carbocycles. The Labute approximate surface area is 122 Å². The Morgan fingerprint density at radius 2 is 2.22 bits per heavy atom. The third-order valence-electron chi connectivity index (χ3n) is 3.04. The summed E-state index contributed by atoms with van der Waals surface area (Å²) in [5, 5.41) is 4.38. The van der Waals surface area contributed by atoms with Gasteiger partial charge in [0.15, 0.2) is 0 Å². The van der Waals surface area contributed by atoms with E-state index in [1.54, 1.807) is 0 Å². The number of halogens is 1. The van der Waals surface area contributed by atoms with Crippen LogP contribution in [0.1, 0.15) is 24.5 Å². The van der Waals surface area contributed by atoms with Crippen molar-refractivity contribution in [3.63, 3.8) is 0 Å². The van der Waals surface area contributed by atoms with Gasteiger partial charge >= 0.3 is 0 Å². The first-order valence-electron chi connectivity index (χ1n) is 6.15. The third-order valence-corrected chi connectivity index (χ3v) is 3.60. The van der Waals surface area contributed by atoms with Crippen molar-refractivity contribution in [1.29, 1.82) is 0 Å². The van der Waals surface area contributed by atoms with Crippen molar-refractivity contribution in [2.24, 2.45) is 5.73 Å². The fourth-order valence-electron chi connectivity index (χ4n) is 1.96. The summed E-state index contributed by atoms with van der Waals surface area (Å²) in [7, 11) is 0. The topological polar surface area (TPSA) is 43.8 Å². The van der Waals surface area contributed by atoms with Crippen LogP contribution in [0.4, 0.5) is 0 Å². The lowest BCUT2D eigenvalue weighted by Gasteiger charge is -2.14. The molecule has 2 N–H and O–H groups in total. The number of aromatic nitrogens is 2. The molecule has 0 spiro atoms. The summed E-state index contributed by atoms with van der Waals surface area (Å²) in [6.45, 7) is 4.23. The van der Waals surface area contributed by atoms with Crippen LogP contribution in [0.3, 0.4) is 0 Å². The Morgan fingerprint density at radius 3 is 2.83 bits per heavy atom. The molecule has 1 aromatic carbocycles. The summed E-state index contributed by atoms with van der Waals surface area (Å²) >= 11 is 2.27. The highest BCUT2D eigenvalue weighted by Gasteiger charge is 2.09. The summed E-state index contributed by atoms with van der Waals surface area (Å²) < 4.78 is 3.07. The summed E-state index contributed by atoms with van der Waals surface area (Å²) in [6.07, 6.45) is 5.78. The van der Waals surface area contributed by atoms with E-state index in [0.717, 1.165) is 22.1 Å². The minimum atomic E-state index is 0.209. The van der Waals surface area contributed by atoms with E-state index < -0.39 is 0 Å². The lowest BCUT2D eigenvalue weighted by atomic mass is 10.0. The molecule has 0 radical (unpaired) electrons. The van der Waals surface area contributed by atoms with Crippen LogP contribution in [0.15, 0.2) is 30.6 Å². The minimum absolute atomic E-state index is 0.209. The average molecular weight is 355 g/mol. The second-order valence-corrected chi connectivity index (χ2v) is 5.85. The first kappa shape index (κ1) is 13.5. The van der Waals surface area contributed by atoms with Crippen LogP contribution in [0.25, 0.3) is 5.69 Å². The Hall–Kier alpha value is -0.880. The van der Waals surface area contributed by atoms with Crippen molar-refractivity contribution in [3.05, 3.63) is 45.3 Å². The molecule has 18 heavy (non-hydrogen) atoms. The van der Waals surface area contributed by atoms with Crippen LogP contribution in [-0.2, 0) is 6.42 Å². The Kier molecular flexibility index (Phi) is 4.40. The Bertz CT molecular complexity index is 534. The predicted octanol–water partition coefficient (Wildman–Crippen LogP) is 3.07. The van der Waals surface area contributed by atoms with Gasteiger partial charge in [0.1, 0.15) is 0 Å². The Morgan fingerprint density at radius 1 is 1.44 bits per heavy atom. The predicted molar refractivity (Wildman–Crippen MR) is 83.0 cm³/mol. The van der Waals surface area contributed by atoms with Gasteiger partial charge in [0.25, 0.3) is 0 Å². The molecule has 96 valence electrons. The van der Waals surface area contributed by atoms with Crippen LogP contribution in [0.5, 0.6) is 0 Å². The maximum absolute atomic E-state index is 6.08. The van der Waals surface area contributed by atoms with E-state index in [4.69, 9.17) is 5.73 Å². The standard InChI is InChI=1S/C14H18IN3/c1-3-13(16)7-11-6-10(2)4-5-14(11)18-9-12(15)8-17-18/h4-6,8-9,13H,3,7,16H2,1-2H3. The average Bonchev–Trinajstić information content (AvgIpc) is 2.75.